The smallest absolute Gasteiger partial charge is 0.262 e. The highest BCUT2D eigenvalue weighted by Crippen LogP contribution is 2.45. The standard InChI is InChI=1S/C16H23NO4S/c1-11-6-8-13(9-7-11)22(20,21)17-14(15(3,4)5)10-12(2)16(17,18)19/h6-9,14,18-19H,2,10H2,1,3-5H3. The highest BCUT2D eigenvalue weighted by Gasteiger charge is 2.56. The van der Waals surface area contributed by atoms with Crippen molar-refractivity contribution in [1.82, 2.24) is 4.31 Å². The molecule has 5 nitrogen and oxygen atoms in total. The van der Waals surface area contributed by atoms with Gasteiger partial charge in [0.1, 0.15) is 0 Å². The first-order valence-electron chi connectivity index (χ1n) is 7.12. The van der Waals surface area contributed by atoms with Crippen molar-refractivity contribution in [1.29, 1.82) is 0 Å². The molecule has 1 aliphatic rings. The number of aliphatic hydroxyl groups is 2. The fraction of sp³-hybridized carbons (Fsp3) is 0.500. The molecule has 1 saturated heterocycles. The molecular formula is C16H23NO4S. The van der Waals surface area contributed by atoms with Gasteiger partial charge < -0.3 is 10.2 Å². The normalized spacial score (nSPS) is 23.0. The Balaban J connectivity index is 2.59. The molecule has 6 heteroatoms. The van der Waals surface area contributed by atoms with E-state index in [1.165, 1.54) is 12.1 Å². The van der Waals surface area contributed by atoms with E-state index in [2.05, 4.69) is 6.58 Å². The first-order chi connectivity index (χ1) is 9.88. The van der Waals surface area contributed by atoms with Crippen molar-refractivity contribution < 1.29 is 18.6 Å². The van der Waals surface area contributed by atoms with Crippen molar-refractivity contribution >= 4 is 10.0 Å². The Labute approximate surface area is 131 Å². The van der Waals surface area contributed by atoms with Gasteiger partial charge in [0.05, 0.1) is 4.90 Å². The van der Waals surface area contributed by atoms with E-state index in [1.54, 1.807) is 12.1 Å². The fourth-order valence-electron chi connectivity index (χ4n) is 2.64. The van der Waals surface area contributed by atoms with E-state index < -0.39 is 27.4 Å². The second-order valence-corrected chi connectivity index (χ2v) is 8.75. The third-order valence-electron chi connectivity index (χ3n) is 4.08. The second kappa shape index (κ2) is 5.16. The molecule has 0 amide bonds. The maximum Gasteiger partial charge on any atom is 0.262 e. The van der Waals surface area contributed by atoms with Crippen LogP contribution in [-0.4, -0.2) is 34.9 Å². The summed E-state index contributed by atoms with van der Waals surface area (Å²) in [7, 11) is -4.06. The monoisotopic (exact) mass is 325 g/mol. The number of sulfonamides is 1. The largest absolute Gasteiger partial charge is 0.349 e. The first-order valence-corrected chi connectivity index (χ1v) is 8.56. The summed E-state index contributed by atoms with van der Waals surface area (Å²) in [6.45, 7) is 11.1. The minimum absolute atomic E-state index is 0.0366. The van der Waals surface area contributed by atoms with Gasteiger partial charge in [0.2, 0.25) is 10.0 Å². The molecule has 1 aromatic carbocycles. The highest BCUT2D eigenvalue weighted by atomic mass is 32.2. The van der Waals surface area contributed by atoms with Crippen LogP contribution < -0.4 is 0 Å². The van der Waals surface area contributed by atoms with Crippen LogP contribution in [0.1, 0.15) is 32.8 Å². The van der Waals surface area contributed by atoms with Gasteiger partial charge in [-0.2, -0.15) is 0 Å². The van der Waals surface area contributed by atoms with Crippen LogP contribution in [0.2, 0.25) is 0 Å². The number of rotatable bonds is 2. The van der Waals surface area contributed by atoms with E-state index in [0.29, 0.717) is 0 Å². The summed E-state index contributed by atoms with van der Waals surface area (Å²) < 4.78 is 26.6. The van der Waals surface area contributed by atoms with E-state index in [9.17, 15) is 18.6 Å². The summed E-state index contributed by atoms with van der Waals surface area (Å²) in [5.74, 6) is -2.57. The van der Waals surface area contributed by atoms with Crippen molar-refractivity contribution in [2.45, 2.75) is 51.0 Å². The molecule has 2 rings (SSSR count). The van der Waals surface area contributed by atoms with E-state index in [4.69, 9.17) is 0 Å². The molecule has 0 radical (unpaired) electrons. The Hall–Kier alpha value is -1.21. The number of nitrogens with zero attached hydrogens (tertiary/aromatic N) is 1. The third-order valence-corrected chi connectivity index (χ3v) is 5.98. The van der Waals surface area contributed by atoms with Crippen molar-refractivity contribution in [3.05, 3.63) is 42.0 Å². The van der Waals surface area contributed by atoms with Gasteiger partial charge in [-0.05, 0) is 30.9 Å². The summed E-state index contributed by atoms with van der Waals surface area (Å²) in [6, 6.07) is 5.73. The van der Waals surface area contributed by atoms with Crippen molar-refractivity contribution in [3.8, 4) is 0 Å². The third kappa shape index (κ3) is 2.72. The van der Waals surface area contributed by atoms with Crippen LogP contribution in [0.5, 0.6) is 0 Å². The fourth-order valence-corrected chi connectivity index (χ4v) is 4.54. The van der Waals surface area contributed by atoms with Crippen molar-refractivity contribution in [2.24, 2.45) is 5.41 Å². The summed E-state index contributed by atoms with van der Waals surface area (Å²) in [4.78, 5) is 0.0366. The van der Waals surface area contributed by atoms with Gasteiger partial charge in [-0.25, -0.2) is 8.42 Å². The number of benzene rings is 1. The quantitative estimate of drug-likeness (QED) is 0.644. The zero-order valence-electron chi connectivity index (χ0n) is 13.4. The second-order valence-electron chi connectivity index (χ2n) is 6.94. The molecule has 1 fully saturated rings. The zero-order chi connectivity index (χ0) is 16.9. The zero-order valence-corrected chi connectivity index (χ0v) is 14.2. The number of hydrogen-bond donors (Lipinski definition) is 2. The van der Waals surface area contributed by atoms with Gasteiger partial charge in [0.15, 0.2) is 0 Å². The lowest BCUT2D eigenvalue weighted by Gasteiger charge is -2.37. The summed E-state index contributed by atoms with van der Waals surface area (Å²) in [6.07, 6.45) is 0.210. The van der Waals surface area contributed by atoms with Crippen LogP contribution in [0.25, 0.3) is 0 Å². The average molecular weight is 325 g/mol. The summed E-state index contributed by atoms with van der Waals surface area (Å²) >= 11 is 0. The van der Waals surface area contributed by atoms with Gasteiger partial charge in [0, 0.05) is 11.6 Å². The van der Waals surface area contributed by atoms with E-state index >= 15 is 0 Å². The van der Waals surface area contributed by atoms with E-state index in [-0.39, 0.29) is 16.9 Å². The minimum Gasteiger partial charge on any atom is -0.349 e. The molecule has 1 heterocycles. The highest BCUT2D eigenvalue weighted by molar-refractivity contribution is 7.89. The summed E-state index contributed by atoms with van der Waals surface area (Å²) in [5, 5.41) is 20.6. The van der Waals surface area contributed by atoms with Crippen LogP contribution in [0, 0.1) is 12.3 Å². The van der Waals surface area contributed by atoms with Gasteiger partial charge >= 0.3 is 0 Å². The van der Waals surface area contributed by atoms with Gasteiger partial charge in [-0.3, -0.25) is 0 Å². The van der Waals surface area contributed by atoms with Crippen LogP contribution in [0.4, 0.5) is 0 Å². The number of aryl methyl sites for hydroxylation is 1. The molecule has 1 atom stereocenters. The van der Waals surface area contributed by atoms with E-state index in [0.717, 1.165) is 9.87 Å². The Kier molecular flexibility index (Phi) is 4.02. The molecule has 0 spiro atoms. The SMILES string of the molecule is C=C1CC(C(C)(C)C)N(S(=O)(=O)c2ccc(C)cc2)C1(O)O. The average Bonchev–Trinajstić information content (AvgIpc) is 2.61. The van der Waals surface area contributed by atoms with Crippen molar-refractivity contribution in [3.63, 3.8) is 0 Å². The molecule has 1 unspecified atom stereocenters. The molecule has 2 N–H and O–H groups in total. The van der Waals surface area contributed by atoms with Crippen LogP contribution in [-0.2, 0) is 10.0 Å². The Bertz CT molecular complexity index is 684. The maximum absolute atomic E-state index is 12.9. The molecule has 22 heavy (non-hydrogen) atoms. The molecule has 122 valence electrons. The van der Waals surface area contributed by atoms with Gasteiger partial charge in [-0.15, -0.1) is 4.31 Å². The topological polar surface area (TPSA) is 77.8 Å². The lowest BCUT2D eigenvalue weighted by Crippen LogP contribution is -2.54. The van der Waals surface area contributed by atoms with Crippen LogP contribution in [0.15, 0.2) is 41.3 Å². The maximum atomic E-state index is 12.9. The lowest BCUT2D eigenvalue weighted by atomic mass is 9.85. The first kappa shape index (κ1) is 17.1. The minimum atomic E-state index is -4.06. The molecule has 1 aliphatic heterocycles. The lowest BCUT2D eigenvalue weighted by molar-refractivity contribution is -0.198. The molecule has 1 aromatic rings. The summed E-state index contributed by atoms with van der Waals surface area (Å²) in [5.41, 5.74) is 0.549. The Morgan fingerprint density at radius 2 is 1.73 bits per heavy atom. The molecule has 0 aromatic heterocycles. The van der Waals surface area contributed by atoms with Gasteiger partial charge in [0.25, 0.3) is 5.91 Å². The molecule has 0 bridgehead atoms. The Morgan fingerprint density at radius 3 is 2.18 bits per heavy atom. The molecular weight excluding hydrogens is 302 g/mol. The van der Waals surface area contributed by atoms with E-state index in [1.807, 2.05) is 27.7 Å². The van der Waals surface area contributed by atoms with Crippen LogP contribution >= 0.6 is 0 Å². The van der Waals surface area contributed by atoms with Crippen LogP contribution in [0.3, 0.4) is 0 Å². The predicted molar refractivity (Wildman–Crippen MR) is 84.4 cm³/mol. The van der Waals surface area contributed by atoms with Gasteiger partial charge in [-0.1, -0.05) is 45.0 Å². The van der Waals surface area contributed by atoms with Crippen molar-refractivity contribution in [2.75, 3.05) is 0 Å². The molecule has 0 aliphatic carbocycles. The Morgan fingerprint density at radius 1 is 1.23 bits per heavy atom. The molecule has 0 saturated carbocycles. The number of hydrogen-bond acceptors (Lipinski definition) is 4. The predicted octanol–water partition coefficient (Wildman–Crippen LogP) is 2.00.